The van der Waals surface area contributed by atoms with E-state index in [0.29, 0.717) is 0 Å². The molecule has 1 aliphatic rings. The van der Waals surface area contributed by atoms with E-state index in [4.69, 9.17) is 0 Å². The molecule has 0 aromatic heterocycles. The van der Waals surface area contributed by atoms with E-state index < -0.39 is 0 Å². The average Bonchev–Trinajstić information content (AvgIpc) is 2.19. The van der Waals surface area contributed by atoms with Gasteiger partial charge in [-0.05, 0) is 0 Å². The molecule has 0 spiro atoms. The van der Waals surface area contributed by atoms with Crippen LogP contribution in [0.2, 0.25) is 4.47 Å². The van der Waals surface area contributed by atoms with Gasteiger partial charge in [-0.3, -0.25) is 0 Å². The summed E-state index contributed by atoms with van der Waals surface area (Å²) < 4.78 is 3.98. The van der Waals surface area contributed by atoms with E-state index in [0.717, 1.165) is 0 Å². The third-order valence-corrected chi connectivity index (χ3v) is 4.75. The van der Waals surface area contributed by atoms with Gasteiger partial charge in [-0.1, -0.05) is 0 Å². The zero-order valence-electron chi connectivity index (χ0n) is 8.59. The minimum absolute atomic E-state index is 0.207. The fourth-order valence-electron chi connectivity index (χ4n) is 1.45. The van der Waals surface area contributed by atoms with E-state index in [1.165, 1.54) is 43.0 Å². The molecule has 0 bridgehead atoms. The molecule has 0 N–H and O–H groups in total. The minimum atomic E-state index is 0.207. The van der Waals surface area contributed by atoms with Gasteiger partial charge in [0.2, 0.25) is 0 Å². The first-order valence-corrected chi connectivity index (χ1v) is 8.40. The Hall–Kier alpha value is 0.270. The fourth-order valence-corrected chi connectivity index (χ4v) is 3.91. The van der Waals surface area contributed by atoms with Crippen molar-refractivity contribution in [2.75, 3.05) is 0 Å². The molecule has 0 unspecified atom stereocenters. The van der Waals surface area contributed by atoms with Crippen molar-refractivity contribution in [1.29, 1.82) is 0 Å². The maximum atomic E-state index is 2.48. The van der Waals surface area contributed by atoms with Crippen molar-refractivity contribution in [2.45, 2.75) is 49.9 Å². The zero-order chi connectivity index (χ0) is 9.36. The Morgan fingerprint density at radius 2 is 2.38 bits per heavy atom. The molecule has 0 atom stereocenters. The van der Waals surface area contributed by atoms with Crippen LogP contribution in [0.4, 0.5) is 0 Å². The summed E-state index contributed by atoms with van der Waals surface area (Å²) in [6, 6.07) is 0. The van der Waals surface area contributed by atoms with Gasteiger partial charge < -0.3 is 0 Å². The Morgan fingerprint density at radius 1 is 1.46 bits per heavy atom. The first-order valence-electron chi connectivity index (χ1n) is 5.40. The molecule has 0 saturated carbocycles. The topological polar surface area (TPSA) is 0 Å². The molecule has 1 heteroatoms. The summed E-state index contributed by atoms with van der Waals surface area (Å²) in [6.45, 7) is 2.28. The van der Waals surface area contributed by atoms with Crippen molar-refractivity contribution in [3.63, 3.8) is 0 Å². The SMILES string of the molecule is CCCC[Te]/C=C/C1=CCCCC1. The van der Waals surface area contributed by atoms with E-state index in [1.807, 2.05) is 0 Å². The maximum absolute atomic E-state index is 2.48. The number of hydrogen-bond acceptors (Lipinski definition) is 0. The van der Waals surface area contributed by atoms with E-state index in [2.05, 4.69) is 23.2 Å². The zero-order valence-corrected chi connectivity index (χ0v) is 10.9. The van der Waals surface area contributed by atoms with Gasteiger partial charge in [0.15, 0.2) is 0 Å². The van der Waals surface area contributed by atoms with Gasteiger partial charge in [-0.2, -0.15) is 0 Å². The number of unbranched alkanes of at least 4 members (excludes halogenated alkanes) is 1. The van der Waals surface area contributed by atoms with E-state index in [1.54, 1.807) is 5.57 Å². The standard InChI is InChI=1S/C12H20Te/c1-2-3-10-13-11-9-12-7-5-4-6-8-12/h7,9,11H,2-6,8,10H2,1H3/b11-9+. The molecule has 74 valence electrons. The van der Waals surface area contributed by atoms with Crippen LogP contribution >= 0.6 is 0 Å². The third kappa shape index (κ3) is 5.55. The summed E-state index contributed by atoms with van der Waals surface area (Å²) in [4.78, 5) is 0. The first kappa shape index (κ1) is 11.3. The quantitative estimate of drug-likeness (QED) is 0.532. The summed E-state index contributed by atoms with van der Waals surface area (Å²) in [6.07, 6.45) is 13.1. The van der Waals surface area contributed by atoms with Crippen LogP contribution in [0.1, 0.15) is 45.4 Å². The van der Waals surface area contributed by atoms with Gasteiger partial charge in [0.05, 0.1) is 0 Å². The molecule has 0 saturated heterocycles. The fraction of sp³-hybridized carbons (Fsp3) is 0.667. The summed E-state index contributed by atoms with van der Waals surface area (Å²) >= 11 is 0.207. The van der Waals surface area contributed by atoms with Crippen LogP contribution in [-0.4, -0.2) is 20.9 Å². The summed E-state index contributed by atoms with van der Waals surface area (Å²) in [5.41, 5.74) is 1.60. The van der Waals surface area contributed by atoms with Gasteiger partial charge in [-0.25, -0.2) is 0 Å². The van der Waals surface area contributed by atoms with E-state index in [-0.39, 0.29) is 20.9 Å². The van der Waals surface area contributed by atoms with Gasteiger partial charge >= 0.3 is 92.7 Å². The summed E-state index contributed by atoms with van der Waals surface area (Å²) in [5.74, 6) is 0. The van der Waals surface area contributed by atoms with Crippen molar-refractivity contribution < 1.29 is 0 Å². The normalized spacial score (nSPS) is 17.8. The molecule has 0 aromatic rings. The van der Waals surface area contributed by atoms with Crippen molar-refractivity contribution >= 4 is 20.9 Å². The Kier molecular flexibility index (Phi) is 6.68. The van der Waals surface area contributed by atoms with Crippen LogP contribution in [0.25, 0.3) is 0 Å². The van der Waals surface area contributed by atoms with Crippen LogP contribution in [-0.2, 0) is 0 Å². The van der Waals surface area contributed by atoms with Gasteiger partial charge in [-0.15, -0.1) is 0 Å². The van der Waals surface area contributed by atoms with Gasteiger partial charge in [0.1, 0.15) is 0 Å². The van der Waals surface area contributed by atoms with Gasteiger partial charge in [0, 0.05) is 0 Å². The third-order valence-electron chi connectivity index (χ3n) is 2.32. The second kappa shape index (κ2) is 7.65. The molecule has 0 aliphatic heterocycles. The Bertz CT molecular complexity index is 180. The molecule has 13 heavy (non-hydrogen) atoms. The van der Waals surface area contributed by atoms with E-state index >= 15 is 0 Å². The van der Waals surface area contributed by atoms with E-state index in [9.17, 15) is 0 Å². The molecule has 1 rings (SSSR count). The number of hydrogen-bond donors (Lipinski definition) is 0. The van der Waals surface area contributed by atoms with Crippen LogP contribution < -0.4 is 0 Å². The van der Waals surface area contributed by atoms with Crippen LogP contribution in [0.5, 0.6) is 0 Å². The molecule has 0 aromatic carbocycles. The van der Waals surface area contributed by atoms with Crippen LogP contribution in [0, 0.1) is 0 Å². The van der Waals surface area contributed by atoms with Crippen LogP contribution in [0.15, 0.2) is 21.8 Å². The summed E-state index contributed by atoms with van der Waals surface area (Å²) in [7, 11) is 0. The van der Waals surface area contributed by atoms with Crippen LogP contribution in [0.3, 0.4) is 0 Å². The Balaban J connectivity index is 2.11. The predicted octanol–water partition coefficient (Wildman–Crippen LogP) is 3.92. The van der Waals surface area contributed by atoms with Gasteiger partial charge in [0.25, 0.3) is 0 Å². The second-order valence-electron chi connectivity index (χ2n) is 3.55. The molecule has 1 aliphatic carbocycles. The molecule has 0 radical (unpaired) electrons. The van der Waals surface area contributed by atoms with Crippen molar-refractivity contribution in [3.05, 3.63) is 21.8 Å². The molecule has 0 heterocycles. The van der Waals surface area contributed by atoms with Crippen molar-refractivity contribution in [3.8, 4) is 0 Å². The predicted molar refractivity (Wildman–Crippen MR) is 61.2 cm³/mol. The van der Waals surface area contributed by atoms with Crippen molar-refractivity contribution in [2.24, 2.45) is 0 Å². The number of rotatable bonds is 5. The molecule has 0 amide bonds. The monoisotopic (exact) mass is 294 g/mol. The summed E-state index contributed by atoms with van der Waals surface area (Å²) in [5, 5.41) is 0. The Labute approximate surface area is 92.6 Å². The molecule has 0 nitrogen and oxygen atoms in total. The average molecular weight is 292 g/mol. The molecular formula is C12H20Te. The molecular weight excluding hydrogens is 272 g/mol. The second-order valence-corrected chi connectivity index (χ2v) is 6.45. The van der Waals surface area contributed by atoms with Crippen molar-refractivity contribution in [1.82, 2.24) is 0 Å². The molecule has 0 fully saturated rings. The Morgan fingerprint density at radius 3 is 3.08 bits per heavy atom. The number of allylic oxidation sites excluding steroid dienone is 3. The first-order chi connectivity index (χ1) is 6.43.